The zero-order valence-electron chi connectivity index (χ0n) is 27.9. The van der Waals surface area contributed by atoms with Crippen molar-refractivity contribution in [2.45, 2.75) is 78.1 Å². The Hall–Kier alpha value is -4.87. The molecule has 0 aliphatic carbocycles. The number of nitrogens with one attached hydrogen (secondary N) is 4. The third kappa shape index (κ3) is 16.9. The molecule has 0 radical (unpaired) electrons. The fourth-order valence-corrected chi connectivity index (χ4v) is 4.74. The number of hydrogen-bond acceptors (Lipinski definition) is 6. The van der Waals surface area contributed by atoms with E-state index >= 15 is 0 Å². The first-order valence-electron chi connectivity index (χ1n) is 16.1. The molecule has 0 saturated heterocycles. The Balaban J connectivity index is 2.09. The molecular formula is C35H51N7O5. The summed E-state index contributed by atoms with van der Waals surface area (Å²) in [5.74, 6) is -0.964. The minimum atomic E-state index is -1.00. The third-order valence-electron chi connectivity index (χ3n) is 6.96. The number of nitrogens with two attached hydrogens (primary N) is 2. The predicted octanol–water partition coefficient (Wildman–Crippen LogP) is 3.23. The highest BCUT2D eigenvalue weighted by Crippen LogP contribution is 2.10. The first-order valence-corrected chi connectivity index (χ1v) is 16.1. The average molecular weight is 650 g/mol. The molecule has 12 heteroatoms. The fourth-order valence-electron chi connectivity index (χ4n) is 4.74. The summed E-state index contributed by atoms with van der Waals surface area (Å²) in [6.07, 6.45) is 3.98. The van der Waals surface area contributed by atoms with Crippen molar-refractivity contribution in [3.05, 3.63) is 77.9 Å². The van der Waals surface area contributed by atoms with Crippen molar-refractivity contribution in [1.29, 1.82) is 0 Å². The first kappa shape index (κ1) is 38.3. The Morgan fingerprint density at radius 1 is 0.809 bits per heavy atom. The molecule has 256 valence electrons. The van der Waals surface area contributed by atoms with Crippen LogP contribution in [-0.4, -0.2) is 61.0 Å². The van der Waals surface area contributed by atoms with Gasteiger partial charge in [-0.25, -0.2) is 4.79 Å². The van der Waals surface area contributed by atoms with Crippen molar-refractivity contribution >= 4 is 35.9 Å². The number of aliphatic imine (C=N–C) groups is 1. The number of rotatable bonds is 19. The molecule has 0 spiro atoms. The highest BCUT2D eigenvalue weighted by molar-refractivity contribution is 5.92. The summed E-state index contributed by atoms with van der Waals surface area (Å²) in [5, 5.41) is 11.3. The van der Waals surface area contributed by atoms with Gasteiger partial charge in [-0.1, -0.05) is 88.4 Å². The third-order valence-corrected chi connectivity index (χ3v) is 6.96. The van der Waals surface area contributed by atoms with Crippen LogP contribution in [-0.2, 0) is 25.7 Å². The Labute approximate surface area is 278 Å². The van der Waals surface area contributed by atoms with E-state index in [0.29, 0.717) is 19.3 Å². The van der Waals surface area contributed by atoms with E-state index in [-0.39, 0.29) is 61.8 Å². The second-order valence-corrected chi connectivity index (χ2v) is 12.2. The predicted molar refractivity (Wildman–Crippen MR) is 185 cm³/mol. The lowest BCUT2D eigenvalue weighted by molar-refractivity contribution is -0.131. The standard InChI is InChI=1S/C35H51N7O5/c1-24(2)20-28(22-39-31(43)18-17-26-12-7-5-8-13-26)40-33(45)30(21-25(3)4)41-32(44)29(16-11-19-38-34(36)37)42-35(46)47-23-27-14-9-6-10-15-27/h5-10,12-15,17-18,24-25,28-30H,11,16,19-23H2,1-4H3,(H,39,43)(H,40,45)(H,41,44)(H,42,46)(H4,36,37,38). The fraction of sp³-hybridized carbons (Fsp3) is 0.457. The molecule has 0 aromatic heterocycles. The van der Waals surface area contributed by atoms with Gasteiger partial charge >= 0.3 is 6.09 Å². The van der Waals surface area contributed by atoms with Gasteiger partial charge in [-0.3, -0.25) is 19.4 Å². The van der Waals surface area contributed by atoms with E-state index in [1.807, 2.05) is 88.4 Å². The number of alkyl carbamates (subject to hydrolysis) is 1. The Morgan fingerprint density at radius 3 is 2.04 bits per heavy atom. The van der Waals surface area contributed by atoms with Gasteiger partial charge in [0.05, 0.1) is 0 Å². The van der Waals surface area contributed by atoms with Crippen molar-refractivity contribution in [2.75, 3.05) is 13.1 Å². The SMILES string of the molecule is CC(C)CC(CNC(=O)C=Cc1ccccc1)NC(=O)C(CC(C)C)NC(=O)C(CCCN=C(N)N)NC(=O)OCc1ccccc1. The van der Waals surface area contributed by atoms with E-state index in [9.17, 15) is 19.2 Å². The van der Waals surface area contributed by atoms with E-state index in [4.69, 9.17) is 16.2 Å². The van der Waals surface area contributed by atoms with Crippen LogP contribution in [0.2, 0.25) is 0 Å². The molecule has 8 N–H and O–H groups in total. The summed E-state index contributed by atoms with van der Waals surface area (Å²) >= 11 is 0. The van der Waals surface area contributed by atoms with Crippen LogP contribution in [0, 0.1) is 11.8 Å². The molecule has 2 aromatic carbocycles. The minimum absolute atomic E-state index is 0.0310. The number of carbonyl (C=O) groups is 4. The largest absolute Gasteiger partial charge is 0.445 e. The maximum atomic E-state index is 13.6. The van der Waals surface area contributed by atoms with Crippen molar-refractivity contribution in [1.82, 2.24) is 21.3 Å². The summed E-state index contributed by atoms with van der Waals surface area (Å²) in [6, 6.07) is 16.4. The molecule has 0 aliphatic rings. The van der Waals surface area contributed by atoms with Crippen LogP contribution in [0.5, 0.6) is 0 Å². The maximum Gasteiger partial charge on any atom is 0.408 e. The molecule has 0 fully saturated rings. The van der Waals surface area contributed by atoms with Gasteiger partial charge < -0.3 is 37.5 Å². The normalized spacial score (nSPS) is 13.0. The summed E-state index contributed by atoms with van der Waals surface area (Å²) in [5.41, 5.74) is 12.5. The number of nitrogens with zero attached hydrogens (tertiary/aromatic N) is 1. The van der Waals surface area contributed by atoms with Crippen molar-refractivity contribution in [2.24, 2.45) is 28.3 Å². The van der Waals surface area contributed by atoms with Crippen molar-refractivity contribution in [3.8, 4) is 0 Å². The van der Waals surface area contributed by atoms with Crippen LogP contribution in [0.1, 0.15) is 64.5 Å². The molecule has 0 aliphatic heterocycles. The second-order valence-electron chi connectivity index (χ2n) is 12.2. The van der Waals surface area contributed by atoms with Gasteiger partial charge in [0.1, 0.15) is 18.7 Å². The zero-order valence-corrected chi connectivity index (χ0v) is 27.9. The summed E-state index contributed by atoms with van der Waals surface area (Å²) in [4.78, 5) is 56.3. The zero-order chi connectivity index (χ0) is 34.6. The summed E-state index contributed by atoms with van der Waals surface area (Å²) in [7, 11) is 0. The van der Waals surface area contributed by atoms with Gasteiger partial charge in [0.15, 0.2) is 5.96 Å². The van der Waals surface area contributed by atoms with E-state index < -0.39 is 24.1 Å². The Kier molecular flexibility index (Phi) is 17.1. The average Bonchev–Trinajstić information content (AvgIpc) is 3.03. The van der Waals surface area contributed by atoms with Gasteiger partial charge in [0.2, 0.25) is 17.7 Å². The summed E-state index contributed by atoms with van der Waals surface area (Å²) < 4.78 is 5.33. The lowest BCUT2D eigenvalue weighted by Crippen LogP contribution is -2.56. The number of ether oxygens (including phenoxy) is 1. The van der Waals surface area contributed by atoms with Gasteiger partial charge in [-0.2, -0.15) is 0 Å². The summed E-state index contributed by atoms with van der Waals surface area (Å²) in [6.45, 7) is 8.45. The van der Waals surface area contributed by atoms with E-state index in [2.05, 4.69) is 26.3 Å². The van der Waals surface area contributed by atoms with Crippen LogP contribution in [0.4, 0.5) is 4.79 Å². The van der Waals surface area contributed by atoms with Gasteiger partial charge in [-0.05, 0) is 54.7 Å². The van der Waals surface area contributed by atoms with Crippen LogP contribution in [0.15, 0.2) is 71.7 Å². The van der Waals surface area contributed by atoms with E-state index in [0.717, 1.165) is 11.1 Å². The topological polar surface area (TPSA) is 190 Å². The minimum Gasteiger partial charge on any atom is -0.445 e. The molecular weight excluding hydrogens is 598 g/mol. The van der Waals surface area contributed by atoms with Gasteiger partial charge in [0, 0.05) is 25.2 Å². The molecule has 4 amide bonds. The number of guanidine groups is 1. The first-order chi connectivity index (χ1) is 22.4. The molecule has 2 rings (SSSR count). The molecule has 3 atom stereocenters. The van der Waals surface area contributed by atoms with Crippen molar-refractivity contribution in [3.63, 3.8) is 0 Å². The molecule has 3 unspecified atom stereocenters. The Morgan fingerprint density at radius 2 is 1.43 bits per heavy atom. The maximum absolute atomic E-state index is 13.6. The van der Waals surface area contributed by atoms with E-state index in [1.54, 1.807) is 6.08 Å². The number of carbonyl (C=O) groups excluding carboxylic acids is 4. The molecule has 0 heterocycles. The molecule has 0 saturated carbocycles. The second kappa shape index (κ2) is 21.0. The van der Waals surface area contributed by atoms with Crippen LogP contribution in [0.25, 0.3) is 6.08 Å². The number of amides is 4. The highest BCUT2D eigenvalue weighted by Gasteiger charge is 2.29. The van der Waals surface area contributed by atoms with Gasteiger partial charge in [-0.15, -0.1) is 0 Å². The number of benzene rings is 2. The lowest BCUT2D eigenvalue weighted by Gasteiger charge is -2.27. The smallest absolute Gasteiger partial charge is 0.408 e. The monoisotopic (exact) mass is 649 g/mol. The molecule has 0 bridgehead atoms. The number of hydrogen-bond donors (Lipinski definition) is 6. The molecule has 2 aromatic rings. The van der Waals surface area contributed by atoms with Gasteiger partial charge in [0.25, 0.3) is 0 Å². The quantitative estimate of drug-likeness (QED) is 0.0583. The molecule has 47 heavy (non-hydrogen) atoms. The van der Waals surface area contributed by atoms with Crippen LogP contribution < -0.4 is 32.7 Å². The Bertz CT molecular complexity index is 1310. The van der Waals surface area contributed by atoms with E-state index in [1.165, 1.54) is 6.08 Å². The molecule has 12 nitrogen and oxygen atoms in total. The van der Waals surface area contributed by atoms with Crippen LogP contribution >= 0.6 is 0 Å². The van der Waals surface area contributed by atoms with Crippen LogP contribution in [0.3, 0.4) is 0 Å². The lowest BCUT2D eigenvalue weighted by atomic mass is 10.00. The highest BCUT2D eigenvalue weighted by atomic mass is 16.5. The van der Waals surface area contributed by atoms with Crippen molar-refractivity contribution < 1.29 is 23.9 Å².